The standard InChI is InChI=1S/C18H32N2OSi/c1-8-20(14-19-4)17-12-16(3)18(13-15(17)2)21-10-9-11-22(5,6)7/h12-14H,8-11H2,1-7H3. The van der Waals surface area contributed by atoms with E-state index in [9.17, 15) is 0 Å². The van der Waals surface area contributed by atoms with Gasteiger partial charge in [0.15, 0.2) is 0 Å². The second-order valence-corrected chi connectivity index (χ2v) is 12.7. The topological polar surface area (TPSA) is 24.8 Å². The van der Waals surface area contributed by atoms with Crippen molar-refractivity contribution in [1.29, 1.82) is 0 Å². The molecular formula is C18H32N2OSi. The Balaban J connectivity index is 2.77. The molecule has 0 bridgehead atoms. The van der Waals surface area contributed by atoms with Crippen LogP contribution in [0, 0.1) is 13.8 Å². The van der Waals surface area contributed by atoms with Crippen molar-refractivity contribution in [1.82, 2.24) is 0 Å². The summed E-state index contributed by atoms with van der Waals surface area (Å²) in [6.45, 7) is 15.3. The zero-order valence-electron chi connectivity index (χ0n) is 15.4. The van der Waals surface area contributed by atoms with E-state index < -0.39 is 8.07 Å². The second-order valence-electron chi connectivity index (χ2n) is 7.08. The molecule has 0 unspecified atom stereocenters. The predicted octanol–water partition coefficient (Wildman–Crippen LogP) is 4.89. The van der Waals surface area contributed by atoms with E-state index in [2.05, 4.69) is 62.4 Å². The lowest BCUT2D eigenvalue weighted by Gasteiger charge is -2.22. The lowest BCUT2D eigenvalue weighted by molar-refractivity contribution is 0.314. The number of hydrogen-bond donors (Lipinski definition) is 0. The van der Waals surface area contributed by atoms with Gasteiger partial charge in [0.1, 0.15) is 5.75 Å². The van der Waals surface area contributed by atoms with Crippen LogP contribution in [0.1, 0.15) is 24.5 Å². The van der Waals surface area contributed by atoms with Crippen LogP contribution in [0.5, 0.6) is 5.75 Å². The monoisotopic (exact) mass is 320 g/mol. The molecule has 124 valence electrons. The van der Waals surface area contributed by atoms with Crippen molar-refractivity contribution in [3.8, 4) is 5.75 Å². The highest BCUT2D eigenvalue weighted by Crippen LogP contribution is 2.28. The van der Waals surface area contributed by atoms with E-state index in [1.807, 2.05) is 6.34 Å². The Bertz CT molecular complexity index is 507. The summed E-state index contributed by atoms with van der Waals surface area (Å²) in [6.07, 6.45) is 3.04. The molecule has 0 aliphatic carbocycles. The van der Waals surface area contributed by atoms with Crippen LogP contribution >= 0.6 is 0 Å². The number of aryl methyl sites for hydroxylation is 2. The number of anilines is 1. The molecule has 0 atom stereocenters. The molecule has 1 aromatic carbocycles. The highest BCUT2D eigenvalue weighted by Gasteiger charge is 2.13. The Hall–Kier alpha value is -1.29. The van der Waals surface area contributed by atoms with Crippen LogP contribution in [0.4, 0.5) is 5.69 Å². The van der Waals surface area contributed by atoms with Gasteiger partial charge in [-0.05, 0) is 50.5 Å². The number of hydrogen-bond acceptors (Lipinski definition) is 2. The van der Waals surface area contributed by atoms with Crippen molar-refractivity contribution in [2.75, 3.05) is 25.1 Å². The summed E-state index contributed by atoms with van der Waals surface area (Å²) >= 11 is 0. The van der Waals surface area contributed by atoms with Gasteiger partial charge in [0, 0.05) is 27.4 Å². The molecule has 0 saturated heterocycles. The summed E-state index contributed by atoms with van der Waals surface area (Å²) in [5.41, 5.74) is 3.63. The van der Waals surface area contributed by atoms with Gasteiger partial charge >= 0.3 is 0 Å². The highest BCUT2D eigenvalue weighted by molar-refractivity contribution is 6.76. The van der Waals surface area contributed by atoms with Crippen molar-refractivity contribution >= 4 is 20.1 Å². The molecule has 3 nitrogen and oxygen atoms in total. The van der Waals surface area contributed by atoms with Crippen LogP contribution < -0.4 is 9.64 Å². The minimum absolute atomic E-state index is 0.817. The van der Waals surface area contributed by atoms with Crippen molar-refractivity contribution < 1.29 is 4.74 Å². The predicted molar refractivity (Wildman–Crippen MR) is 102 cm³/mol. The molecule has 4 heteroatoms. The number of ether oxygens (including phenoxy) is 1. The Kier molecular flexibility index (Phi) is 7.13. The molecule has 0 radical (unpaired) electrons. The smallest absolute Gasteiger partial charge is 0.122 e. The molecule has 0 heterocycles. The van der Waals surface area contributed by atoms with Crippen LogP contribution in [0.25, 0.3) is 0 Å². The van der Waals surface area contributed by atoms with Gasteiger partial charge in [-0.1, -0.05) is 25.7 Å². The lowest BCUT2D eigenvalue weighted by Crippen LogP contribution is -2.21. The van der Waals surface area contributed by atoms with Crippen molar-refractivity contribution in [2.24, 2.45) is 4.99 Å². The average Bonchev–Trinajstić information content (AvgIpc) is 2.43. The summed E-state index contributed by atoms with van der Waals surface area (Å²) in [4.78, 5) is 6.30. The van der Waals surface area contributed by atoms with Crippen LogP contribution in [0.2, 0.25) is 25.7 Å². The maximum atomic E-state index is 6.01. The first-order valence-electron chi connectivity index (χ1n) is 8.21. The van der Waals surface area contributed by atoms with E-state index in [0.29, 0.717) is 0 Å². The maximum absolute atomic E-state index is 6.01. The molecule has 0 fully saturated rings. The molecule has 1 rings (SSSR count). The zero-order chi connectivity index (χ0) is 16.8. The van der Waals surface area contributed by atoms with E-state index >= 15 is 0 Å². The lowest BCUT2D eigenvalue weighted by atomic mass is 10.1. The van der Waals surface area contributed by atoms with Gasteiger partial charge in [-0.15, -0.1) is 0 Å². The molecule has 0 aliphatic rings. The number of benzene rings is 1. The van der Waals surface area contributed by atoms with Gasteiger partial charge in [-0.25, -0.2) is 0 Å². The summed E-state index contributed by atoms with van der Waals surface area (Å²) < 4.78 is 6.01. The maximum Gasteiger partial charge on any atom is 0.122 e. The fraction of sp³-hybridized carbons (Fsp3) is 0.611. The minimum Gasteiger partial charge on any atom is -0.493 e. The molecule has 22 heavy (non-hydrogen) atoms. The first kappa shape index (κ1) is 18.8. The van der Waals surface area contributed by atoms with E-state index in [4.69, 9.17) is 4.74 Å². The molecule has 0 saturated carbocycles. The fourth-order valence-electron chi connectivity index (χ4n) is 2.48. The zero-order valence-corrected chi connectivity index (χ0v) is 16.4. The molecule has 0 amide bonds. The molecule has 0 aromatic heterocycles. The van der Waals surface area contributed by atoms with Gasteiger partial charge in [0.2, 0.25) is 0 Å². The Labute approximate surface area is 137 Å². The number of nitrogens with zero attached hydrogens (tertiary/aromatic N) is 2. The van der Waals surface area contributed by atoms with E-state index in [1.165, 1.54) is 22.9 Å². The first-order valence-corrected chi connectivity index (χ1v) is 11.9. The molecule has 1 aromatic rings. The normalized spacial score (nSPS) is 12.0. The van der Waals surface area contributed by atoms with E-state index in [-0.39, 0.29) is 0 Å². The van der Waals surface area contributed by atoms with Crippen molar-refractivity contribution in [3.63, 3.8) is 0 Å². The Morgan fingerprint density at radius 1 is 1.18 bits per heavy atom. The Morgan fingerprint density at radius 2 is 1.86 bits per heavy atom. The van der Waals surface area contributed by atoms with Crippen LogP contribution in [-0.4, -0.2) is 34.6 Å². The summed E-state index contributed by atoms with van der Waals surface area (Å²) in [7, 11) is 0.847. The summed E-state index contributed by atoms with van der Waals surface area (Å²) in [6, 6.07) is 5.68. The minimum atomic E-state index is -0.959. The first-order chi connectivity index (χ1) is 10.3. The summed E-state index contributed by atoms with van der Waals surface area (Å²) in [5, 5.41) is 0. The van der Waals surface area contributed by atoms with Crippen LogP contribution in [-0.2, 0) is 0 Å². The van der Waals surface area contributed by atoms with Gasteiger partial charge in [0.25, 0.3) is 0 Å². The van der Waals surface area contributed by atoms with Crippen molar-refractivity contribution in [3.05, 3.63) is 23.3 Å². The SMILES string of the molecule is CCN(C=NC)c1cc(C)c(OCCC[Si](C)(C)C)cc1C. The Morgan fingerprint density at radius 3 is 2.41 bits per heavy atom. The third-order valence-corrected chi connectivity index (χ3v) is 5.58. The van der Waals surface area contributed by atoms with Crippen LogP contribution in [0.15, 0.2) is 17.1 Å². The number of rotatable bonds is 8. The molecule has 0 N–H and O–H groups in total. The summed E-state index contributed by atoms with van der Waals surface area (Å²) in [5.74, 6) is 1.02. The quantitative estimate of drug-likeness (QED) is 0.295. The van der Waals surface area contributed by atoms with Gasteiger partial charge in [0.05, 0.1) is 12.9 Å². The van der Waals surface area contributed by atoms with Crippen molar-refractivity contribution in [2.45, 2.75) is 52.9 Å². The van der Waals surface area contributed by atoms with Gasteiger partial charge in [-0.3, -0.25) is 4.99 Å². The van der Waals surface area contributed by atoms with E-state index in [0.717, 1.165) is 25.3 Å². The third-order valence-electron chi connectivity index (χ3n) is 3.73. The molecule has 0 aliphatic heterocycles. The van der Waals surface area contributed by atoms with E-state index in [1.54, 1.807) is 7.05 Å². The molecular weight excluding hydrogens is 288 g/mol. The highest BCUT2D eigenvalue weighted by atomic mass is 28.3. The van der Waals surface area contributed by atoms with Gasteiger partial charge < -0.3 is 9.64 Å². The molecule has 0 spiro atoms. The second kappa shape index (κ2) is 8.37. The average molecular weight is 321 g/mol. The van der Waals surface area contributed by atoms with Crippen LogP contribution in [0.3, 0.4) is 0 Å². The third kappa shape index (κ3) is 5.83. The van der Waals surface area contributed by atoms with Gasteiger partial charge in [-0.2, -0.15) is 0 Å². The number of aliphatic imine (C=N–C) groups is 1. The largest absolute Gasteiger partial charge is 0.493 e. The fourth-order valence-corrected chi connectivity index (χ4v) is 3.68.